The van der Waals surface area contributed by atoms with E-state index in [1.165, 1.54) is 24.3 Å². The van der Waals surface area contributed by atoms with Gasteiger partial charge < -0.3 is 19.5 Å². The van der Waals surface area contributed by atoms with Gasteiger partial charge in [0, 0.05) is 5.69 Å². The highest BCUT2D eigenvalue weighted by Gasteiger charge is 2.14. The molecule has 152 valence electrons. The van der Waals surface area contributed by atoms with E-state index < -0.39 is 24.5 Å². The molecular weight excluding hydrogens is 374 g/mol. The molecule has 0 saturated carbocycles. The Balaban J connectivity index is 1.46. The van der Waals surface area contributed by atoms with Crippen LogP contribution in [0.1, 0.15) is 33.5 Å². The van der Waals surface area contributed by atoms with E-state index in [4.69, 9.17) is 9.47 Å². The van der Waals surface area contributed by atoms with Crippen LogP contribution in [0.25, 0.3) is 0 Å². The normalized spacial score (nSPS) is 12.1. The van der Waals surface area contributed by atoms with Crippen molar-refractivity contribution in [3.63, 3.8) is 0 Å². The quantitative estimate of drug-likeness (QED) is 0.723. The summed E-state index contributed by atoms with van der Waals surface area (Å²) in [6.45, 7) is 1.06. The van der Waals surface area contributed by atoms with Crippen molar-refractivity contribution in [2.24, 2.45) is 0 Å². The Hall–Kier alpha value is -3.35. The predicted octanol–water partition coefficient (Wildman–Crippen LogP) is 2.83. The number of amides is 1. The summed E-state index contributed by atoms with van der Waals surface area (Å²) >= 11 is 0. The highest BCUT2D eigenvalue weighted by molar-refractivity contribution is 5.96. The third kappa shape index (κ3) is 5.34. The van der Waals surface area contributed by atoms with Gasteiger partial charge >= 0.3 is 11.9 Å². The molecule has 0 unspecified atom stereocenters. The van der Waals surface area contributed by atoms with Gasteiger partial charge in [0.2, 0.25) is 0 Å². The number of ether oxygens (including phenoxy) is 3. The molecule has 3 rings (SSSR count). The zero-order valence-corrected chi connectivity index (χ0v) is 16.4. The van der Waals surface area contributed by atoms with Crippen LogP contribution >= 0.6 is 0 Å². The molecule has 1 amide bonds. The highest BCUT2D eigenvalue weighted by Crippen LogP contribution is 2.26. The molecule has 1 N–H and O–H groups in total. The van der Waals surface area contributed by atoms with E-state index in [9.17, 15) is 14.4 Å². The molecule has 29 heavy (non-hydrogen) atoms. The molecule has 7 nitrogen and oxygen atoms in total. The number of hydrogen-bond acceptors (Lipinski definition) is 6. The lowest BCUT2D eigenvalue weighted by molar-refractivity contribution is -0.149. The van der Waals surface area contributed by atoms with E-state index >= 15 is 0 Å². The summed E-state index contributed by atoms with van der Waals surface area (Å²) in [5.74, 6) is -1.04. The number of benzene rings is 2. The van der Waals surface area contributed by atoms with E-state index in [2.05, 4.69) is 10.1 Å². The lowest BCUT2D eigenvalue weighted by atomic mass is 10.1. The number of methoxy groups -OCH3 is 1. The molecule has 0 aliphatic heterocycles. The van der Waals surface area contributed by atoms with E-state index in [1.807, 2.05) is 18.2 Å². The summed E-state index contributed by atoms with van der Waals surface area (Å²) in [7, 11) is 1.28. The SMILES string of the molecule is COC(=O)c1ccc(C)c(NC(=O)COC(=O)COc2ccc3c(c2)CCC3)c1. The average Bonchev–Trinajstić information content (AvgIpc) is 3.19. The monoisotopic (exact) mass is 397 g/mol. The third-order valence-electron chi connectivity index (χ3n) is 4.72. The van der Waals surface area contributed by atoms with Crippen molar-refractivity contribution in [1.29, 1.82) is 0 Å². The third-order valence-corrected chi connectivity index (χ3v) is 4.72. The molecule has 2 aromatic carbocycles. The van der Waals surface area contributed by atoms with Gasteiger partial charge in [-0.1, -0.05) is 12.1 Å². The summed E-state index contributed by atoms with van der Waals surface area (Å²) < 4.78 is 15.1. The van der Waals surface area contributed by atoms with Crippen molar-refractivity contribution in [2.75, 3.05) is 25.6 Å². The molecule has 0 aromatic heterocycles. The van der Waals surface area contributed by atoms with Crippen LogP contribution in [0.3, 0.4) is 0 Å². The van der Waals surface area contributed by atoms with Crippen LogP contribution in [-0.4, -0.2) is 38.2 Å². The maximum absolute atomic E-state index is 12.1. The molecule has 2 aromatic rings. The van der Waals surface area contributed by atoms with Gasteiger partial charge in [0.15, 0.2) is 13.2 Å². The Kier molecular flexibility index (Phi) is 6.49. The number of aryl methyl sites for hydroxylation is 3. The second kappa shape index (κ2) is 9.23. The van der Waals surface area contributed by atoms with Crippen LogP contribution in [0.5, 0.6) is 5.75 Å². The Bertz CT molecular complexity index is 937. The van der Waals surface area contributed by atoms with Gasteiger partial charge in [0.1, 0.15) is 5.75 Å². The molecule has 1 aliphatic rings. The van der Waals surface area contributed by atoms with Crippen molar-refractivity contribution in [3.05, 3.63) is 58.7 Å². The van der Waals surface area contributed by atoms with E-state index in [0.717, 1.165) is 24.8 Å². The van der Waals surface area contributed by atoms with Gasteiger partial charge in [-0.3, -0.25) is 4.79 Å². The van der Waals surface area contributed by atoms with Crippen molar-refractivity contribution < 1.29 is 28.6 Å². The van der Waals surface area contributed by atoms with Crippen LogP contribution < -0.4 is 10.1 Å². The lowest BCUT2D eigenvalue weighted by Crippen LogP contribution is -2.24. The maximum Gasteiger partial charge on any atom is 0.344 e. The first-order chi connectivity index (χ1) is 14.0. The molecule has 0 radical (unpaired) electrons. The molecule has 0 saturated heterocycles. The smallest absolute Gasteiger partial charge is 0.344 e. The topological polar surface area (TPSA) is 90.9 Å². The number of nitrogens with one attached hydrogen (secondary N) is 1. The highest BCUT2D eigenvalue weighted by atomic mass is 16.6. The molecule has 0 heterocycles. The first-order valence-electron chi connectivity index (χ1n) is 9.35. The van der Waals surface area contributed by atoms with Crippen LogP contribution in [-0.2, 0) is 31.9 Å². The number of hydrogen-bond donors (Lipinski definition) is 1. The van der Waals surface area contributed by atoms with Gasteiger partial charge in [-0.05, 0) is 67.1 Å². The minimum absolute atomic E-state index is 0.275. The van der Waals surface area contributed by atoms with Crippen molar-refractivity contribution in [2.45, 2.75) is 26.2 Å². The number of anilines is 1. The Morgan fingerprint density at radius 2 is 1.79 bits per heavy atom. The van der Waals surface area contributed by atoms with E-state index in [-0.39, 0.29) is 6.61 Å². The Morgan fingerprint density at radius 1 is 1.00 bits per heavy atom. The number of fused-ring (bicyclic) bond motifs is 1. The predicted molar refractivity (Wildman–Crippen MR) is 106 cm³/mol. The Morgan fingerprint density at radius 3 is 2.59 bits per heavy atom. The van der Waals surface area contributed by atoms with Gasteiger partial charge in [0.05, 0.1) is 12.7 Å². The zero-order valence-electron chi connectivity index (χ0n) is 16.4. The van der Waals surface area contributed by atoms with Gasteiger partial charge in [-0.2, -0.15) is 0 Å². The number of esters is 2. The summed E-state index contributed by atoms with van der Waals surface area (Å²) in [5.41, 5.74) is 4.09. The summed E-state index contributed by atoms with van der Waals surface area (Å²) in [6.07, 6.45) is 3.24. The fourth-order valence-electron chi connectivity index (χ4n) is 3.16. The lowest BCUT2D eigenvalue weighted by Gasteiger charge is -2.11. The summed E-state index contributed by atoms with van der Waals surface area (Å²) in [6, 6.07) is 10.6. The number of carbonyl (C=O) groups is 3. The van der Waals surface area contributed by atoms with Gasteiger partial charge in [-0.25, -0.2) is 9.59 Å². The van der Waals surface area contributed by atoms with Gasteiger partial charge in [-0.15, -0.1) is 0 Å². The minimum Gasteiger partial charge on any atom is -0.482 e. The van der Waals surface area contributed by atoms with E-state index in [0.29, 0.717) is 17.0 Å². The molecule has 7 heteroatoms. The molecule has 0 bridgehead atoms. The molecule has 0 fully saturated rings. The first kappa shape index (κ1) is 20.4. The van der Waals surface area contributed by atoms with Crippen LogP contribution in [0.4, 0.5) is 5.69 Å². The van der Waals surface area contributed by atoms with Crippen LogP contribution in [0.15, 0.2) is 36.4 Å². The standard InChI is InChI=1S/C22H23NO6/c1-14-6-7-17(22(26)27-2)11-19(14)23-20(24)12-29-21(25)13-28-18-9-8-15-4-3-5-16(15)10-18/h6-11H,3-5,12-13H2,1-2H3,(H,23,24). The Labute approximate surface area is 169 Å². The maximum atomic E-state index is 12.1. The molecule has 0 spiro atoms. The average molecular weight is 397 g/mol. The second-order valence-corrected chi connectivity index (χ2v) is 6.80. The molecular formula is C22H23NO6. The van der Waals surface area contributed by atoms with Crippen molar-refractivity contribution in [3.8, 4) is 5.75 Å². The van der Waals surface area contributed by atoms with Crippen molar-refractivity contribution in [1.82, 2.24) is 0 Å². The fourth-order valence-corrected chi connectivity index (χ4v) is 3.16. The first-order valence-corrected chi connectivity index (χ1v) is 9.35. The summed E-state index contributed by atoms with van der Waals surface area (Å²) in [5, 5.41) is 2.62. The summed E-state index contributed by atoms with van der Waals surface area (Å²) in [4.78, 5) is 35.6. The minimum atomic E-state index is -0.638. The van der Waals surface area contributed by atoms with Crippen molar-refractivity contribution >= 4 is 23.5 Å². The zero-order chi connectivity index (χ0) is 20.8. The fraction of sp³-hybridized carbons (Fsp3) is 0.318. The largest absolute Gasteiger partial charge is 0.482 e. The number of carbonyl (C=O) groups excluding carboxylic acids is 3. The van der Waals surface area contributed by atoms with Crippen LogP contribution in [0, 0.1) is 6.92 Å². The van der Waals surface area contributed by atoms with Crippen LogP contribution in [0.2, 0.25) is 0 Å². The van der Waals surface area contributed by atoms with E-state index in [1.54, 1.807) is 19.1 Å². The second-order valence-electron chi connectivity index (χ2n) is 6.80. The molecule has 1 aliphatic carbocycles. The van der Waals surface area contributed by atoms with Gasteiger partial charge in [0.25, 0.3) is 5.91 Å². The molecule has 0 atom stereocenters. The number of rotatable bonds is 7.